The first-order valence-corrected chi connectivity index (χ1v) is 4.83. The van der Waals surface area contributed by atoms with E-state index in [9.17, 15) is 19.7 Å². The lowest BCUT2D eigenvalue weighted by molar-refractivity contribution is -0.482. The number of amides is 1. The predicted octanol–water partition coefficient (Wildman–Crippen LogP) is -0.668. The number of ether oxygens (including phenoxy) is 1. The molecule has 0 aromatic carbocycles. The van der Waals surface area contributed by atoms with E-state index in [-0.39, 0.29) is 5.76 Å². The van der Waals surface area contributed by atoms with Gasteiger partial charge in [-0.15, -0.1) is 0 Å². The minimum atomic E-state index is -1.27. The molecular weight excluding hydrogens is 246 g/mol. The first-order valence-electron chi connectivity index (χ1n) is 4.83. The summed E-state index contributed by atoms with van der Waals surface area (Å²) in [4.78, 5) is 32.2. The standard InChI is InChI=1S/C9H11N3O6/c1-17-9(14)6(5-12(15)16)10-11-8(13)7-3-2-4-18-7/h2-4,6,10H,5H2,1H3,(H,11,13). The first kappa shape index (κ1) is 13.6. The monoisotopic (exact) mass is 257 g/mol. The molecule has 0 fully saturated rings. The van der Waals surface area contributed by atoms with Gasteiger partial charge in [-0.3, -0.25) is 25.1 Å². The molecule has 0 bridgehead atoms. The summed E-state index contributed by atoms with van der Waals surface area (Å²) < 4.78 is 9.15. The zero-order valence-electron chi connectivity index (χ0n) is 9.41. The summed E-state index contributed by atoms with van der Waals surface area (Å²) in [6.07, 6.45) is 1.30. The Hall–Kier alpha value is -2.42. The Morgan fingerprint density at radius 1 is 1.61 bits per heavy atom. The molecule has 1 aromatic heterocycles. The maximum absolute atomic E-state index is 11.4. The number of nitrogens with zero attached hydrogens (tertiary/aromatic N) is 1. The fourth-order valence-electron chi connectivity index (χ4n) is 1.09. The molecule has 1 aromatic rings. The highest BCUT2D eigenvalue weighted by molar-refractivity contribution is 5.91. The minimum Gasteiger partial charge on any atom is -0.468 e. The van der Waals surface area contributed by atoms with Crippen LogP contribution in [0.2, 0.25) is 0 Å². The van der Waals surface area contributed by atoms with E-state index in [1.54, 1.807) is 0 Å². The molecule has 0 aliphatic heterocycles. The molecule has 1 atom stereocenters. The molecule has 0 spiro atoms. The molecule has 9 nitrogen and oxygen atoms in total. The molecule has 0 saturated heterocycles. The number of rotatable bonds is 6. The van der Waals surface area contributed by atoms with Crippen LogP contribution in [0.5, 0.6) is 0 Å². The molecule has 18 heavy (non-hydrogen) atoms. The van der Waals surface area contributed by atoms with E-state index < -0.39 is 29.4 Å². The van der Waals surface area contributed by atoms with Crippen LogP contribution in [0.3, 0.4) is 0 Å². The van der Waals surface area contributed by atoms with Gasteiger partial charge in [0.1, 0.15) is 0 Å². The first-order chi connectivity index (χ1) is 8.54. The van der Waals surface area contributed by atoms with Gasteiger partial charge in [0.05, 0.1) is 13.4 Å². The number of hydrazine groups is 1. The van der Waals surface area contributed by atoms with Crippen LogP contribution in [-0.4, -0.2) is 36.5 Å². The molecular formula is C9H11N3O6. The minimum absolute atomic E-state index is 0.00668. The van der Waals surface area contributed by atoms with Crippen LogP contribution in [0.15, 0.2) is 22.8 Å². The van der Waals surface area contributed by atoms with Crippen molar-refractivity contribution in [2.24, 2.45) is 0 Å². The molecule has 1 unspecified atom stereocenters. The topological polar surface area (TPSA) is 124 Å². The Morgan fingerprint density at radius 2 is 2.33 bits per heavy atom. The Balaban J connectivity index is 2.54. The van der Waals surface area contributed by atoms with Crippen LogP contribution in [0, 0.1) is 10.1 Å². The van der Waals surface area contributed by atoms with E-state index in [2.05, 4.69) is 15.6 Å². The van der Waals surface area contributed by atoms with Crippen LogP contribution in [0.1, 0.15) is 10.6 Å². The number of carbonyl (C=O) groups is 2. The Bertz CT molecular complexity index is 430. The van der Waals surface area contributed by atoms with Gasteiger partial charge >= 0.3 is 11.9 Å². The van der Waals surface area contributed by atoms with E-state index in [0.717, 1.165) is 7.11 Å². The molecule has 98 valence electrons. The van der Waals surface area contributed by atoms with Crippen molar-refractivity contribution in [1.82, 2.24) is 10.9 Å². The average molecular weight is 257 g/mol. The fourth-order valence-corrected chi connectivity index (χ4v) is 1.09. The molecule has 1 rings (SSSR count). The average Bonchev–Trinajstić information content (AvgIpc) is 2.86. The molecule has 9 heteroatoms. The smallest absolute Gasteiger partial charge is 0.331 e. The highest BCUT2D eigenvalue weighted by Gasteiger charge is 2.25. The number of esters is 1. The number of methoxy groups -OCH3 is 1. The Morgan fingerprint density at radius 3 is 2.83 bits per heavy atom. The van der Waals surface area contributed by atoms with Gasteiger partial charge in [0.25, 0.3) is 0 Å². The second kappa shape index (κ2) is 6.35. The van der Waals surface area contributed by atoms with Gasteiger partial charge in [0.2, 0.25) is 6.54 Å². The summed E-state index contributed by atoms with van der Waals surface area (Å²) in [5.41, 5.74) is 4.33. The second-order valence-corrected chi connectivity index (χ2v) is 3.17. The largest absolute Gasteiger partial charge is 0.468 e. The number of nitro groups is 1. The summed E-state index contributed by atoms with van der Waals surface area (Å²) in [6, 6.07) is 1.63. The molecule has 1 heterocycles. The van der Waals surface area contributed by atoms with Crippen LogP contribution < -0.4 is 10.9 Å². The highest BCUT2D eigenvalue weighted by atomic mass is 16.6. The van der Waals surface area contributed by atoms with Crippen molar-refractivity contribution in [3.63, 3.8) is 0 Å². The number of nitrogens with one attached hydrogen (secondary N) is 2. The zero-order chi connectivity index (χ0) is 13.5. The maximum atomic E-state index is 11.4. The van der Waals surface area contributed by atoms with Gasteiger partial charge in [-0.05, 0) is 12.1 Å². The van der Waals surface area contributed by atoms with Crippen molar-refractivity contribution in [2.45, 2.75) is 6.04 Å². The molecule has 0 saturated carbocycles. The summed E-state index contributed by atoms with van der Waals surface area (Å²) in [5, 5.41) is 10.3. The van der Waals surface area contributed by atoms with Gasteiger partial charge in [0.15, 0.2) is 11.8 Å². The molecule has 0 aliphatic rings. The Kier molecular flexibility index (Phi) is 4.81. The zero-order valence-corrected chi connectivity index (χ0v) is 9.41. The van der Waals surface area contributed by atoms with Gasteiger partial charge in [-0.25, -0.2) is 5.43 Å². The summed E-state index contributed by atoms with van der Waals surface area (Å²) >= 11 is 0. The molecule has 2 N–H and O–H groups in total. The van der Waals surface area contributed by atoms with Crippen LogP contribution >= 0.6 is 0 Å². The lowest BCUT2D eigenvalue weighted by Crippen LogP contribution is -2.51. The Labute approximate surface area is 101 Å². The van der Waals surface area contributed by atoms with E-state index >= 15 is 0 Å². The van der Waals surface area contributed by atoms with Crippen molar-refractivity contribution in [3.8, 4) is 0 Å². The summed E-state index contributed by atoms with van der Waals surface area (Å²) in [5.74, 6) is -1.50. The SMILES string of the molecule is COC(=O)C(C[N+](=O)[O-])NNC(=O)c1ccco1. The van der Waals surface area contributed by atoms with E-state index in [1.165, 1.54) is 18.4 Å². The van der Waals surface area contributed by atoms with E-state index in [4.69, 9.17) is 4.42 Å². The third-order valence-electron chi connectivity index (χ3n) is 1.92. The summed E-state index contributed by atoms with van der Waals surface area (Å²) in [6.45, 7) is -0.717. The molecule has 0 aliphatic carbocycles. The lowest BCUT2D eigenvalue weighted by Gasteiger charge is -2.12. The van der Waals surface area contributed by atoms with Crippen molar-refractivity contribution in [1.29, 1.82) is 0 Å². The van der Waals surface area contributed by atoms with Gasteiger partial charge in [-0.2, -0.15) is 0 Å². The van der Waals surface area contributed by atoms with Gasteiger partial charge in [-0.1, -0.05) is 0 Å². The molecule has 1 amide bonds. The second-order valence-electron chi connectivity index (χ2n) is 3.17. The van der Waals surface area contributed by atoms with Gasteiger partial charge < -0.3 is 9.15 Å². The number of furan rings is 1. The number of hydrogen-bond donors (Lipinski definition) is 2. The van der Waals surface area contributed by atoms with E-state index in [1.807, 2.05) is 0 Å². The van der Waals surface area contributed by atoms with Crippen molar-refractivity contribution in [3.05, 3.63) is 34.3 Å². The lowest BCUT2D eigenvalue weighted by atomic mass is 10.3. The summed E-state index contributed by atoms with van der Waals surface area (Å²) in [7, 11) is 1.09. The van der Waals surface area contributed by atoms with Crippen molar-refractivity contribution < 1.29 is 23.7 Å². The third-order valence-corrected chi connectivity index (χ3v) is 1.92. The van der Waals surface area contributed by atoms with Crippen molar-refractivity contribution in [2.75, 3.05) is 13.7 Å². The number of hydrogen-bond acceptors (Lipinski definition) is 7. The van der Waals surface area contributed by atoms with E-state index in [0.29, 0.717) is 0 Å². The van der Waals surface area contributed by atoms with Crippen LogP contribution in [0.4, 0.5) is 0 Å². The quantitative estimate of drug-likeness (QED) is 0.393. The fraction of sp³-hybridized carbons (Fsp3) is 0.333. The number of carbonyl (C=O) groups excluding carboxylic acids is 2. The normalized spacial score (nSPS) is 11.6. The maximum Gasteiger partial charge on any atom is 0.331 e. The predicted molar refractivity (Wildman–Crippen MR) is 57.0 cm³/mol. The highest BCUT2D eigenvalue weighted by Crippen LogP contribution is 1.98. The molecule has 0 radical (unpaired) electrons. The van der Waals surface area contributed by atoms with Gasteiger partial charge in [0, 0.05) is 4.92 Å². The van der Waals surface area contributed by atoms with Crippen LogP contribution in [-0.2, 0) is 9.53 Å². The van der Waals surface area contributed by atoms with Crippen LogP contribution in [0.25, 0.3) is 0 Å². The third kappa shape index (κ3) is 3.87. The van der Waals surface area contributed by atoms with Crippen molar-refractivity contribution >= 4 is 11.9 Å².